The van der Waals surface area contributed by atoms with Gasteiger partial charge in [-0.3, -0.25) is 4.79 Å². The van der Waals surface area contributed by atoms with Gasteiger partial charge in [-0.2, -0.15) is 5.48 Å². The smallest absolute Gasteiger partial charge is 0.410 e. The number of amides is 2. The van der Waals surface area contributed by atoms with Crippen LogP contribution in [-0.2, 0) is 9.53 Å². The molecule has 176 valence electrons. The quantitative estimate of drug-likeness (QED) is 0.418. The topological polar surface area (TPSA) is 109 Å². The van der Waals surface area contributed by atoms with Gasteiger partial charge in [0.05, 0.1) is 6.04 Å². The van der Waals surface area contributed by atoms with Crippen molar-refractivity contribution in [3.05, 3.63) is 90.1 Å². The number of ether oxygens (including phenoxy) is 1. The van der Waals surface area contributed by atoms with E-state index in [0.29, 0.717) is 19.4 Å². The zero-order chi connectivity index (χ0) is 24.1. The predicted octanol–water partition coefficient (Wildman–Crippen LogP) is 3.78. The zero-order valence-electron chi connectivity index (χ0n) is 19.3. The number of hydrogen-bond acceptors (Lipinski definition) is 4. The Morgan fingerprint density at radius 2 is 1.82 bits per heavy atom. The van der Waals surface area contributed by atoms with Crippen molar-refractivity contribution in [2.45, 2.75) is 45.3 Å². The lowest BCUT2D eigenvalue weighted by Crippen LogP contribution is -2.73. The summed E-state index contributed by atoms with van der Waals surface area (Å²) in [4.78, 5) is 24.9. The minimum atomic E-state index is -0.382. The molecule has 1 heterocycles. The average Bonchev–Trinajstić information content (AvgIpc) is 2.84. The first-order chi connectivity index (χ1) is 16.0. The minimum Gasteiger partial charge on any atom is -0.446 e. The summed E-state index contributed by atoms with van der Waals surface area (Å²) < 4.78 is 5.45. The highest BCUT2D eigenvalue weighted by molar-refractivity contribution is 5.74. The summed E-state index contributed by atoms with van der Waals surface area (Å²) in [5, 5.41) is 9.04. The molecular formula is C26H34N3O4+. The highest BCUT2D eigenvalue weighted by Crippen LogP contribution is 2.27. The second-order valence-electron chi connectivity index (χ2n) is 7.72. The van der Waals surface area contributed by atoms with E-state index in [-0.39, 0.29) is 30.6 Å². The van der Waals surface area contributed by atoms with Crippen molar-refractivity contribution in [1.29, 1.82) is 0 Å². The van der Waals surface area contributed by atoms with Crippen LogP contribution in [0.4, 0.5) is 4.79 Å². The van der Waals surface area contributed by atoms with E-state index in [1.165, 1.54) is 0 Å². The molecule has 5 N–H and O–H groups in total. The first-order valence-corrected chi connectivity index (χ1v) is 11.1. The van der Waals surface area contributed by atoms with E-state index in [1.807, 2.05) is 86.7 Å². The van der Waals surface area contributed by atoms with Crippen molar-refractivity contribution in [1.82, 2.24) is 4.90 Å². The average molecular weight is 453 g/mol. The van der Waals surface area contributed by atoms with Gasteiger partial charge in [-0.1, -0.05) is 72.8 Å². The Hall–Kier alpha value is -3.42. The first-order valence-electron chi connectivity index (χ1n) is 11.1. The summed E-state index contributed by atoms with van der Waals surface area (Å²) in [5.74, 6) is -0.382. The van der Waals surface area contributed by atoms with E-state index in [1.54, 1.807) is 11.1 Å². The molecule has 1 aliphatic rings. The molecule has 0 spiro atoms. The molecule has 2 unspecified atom stereocenters. The van der Waals surface area contributed by atoms with Gasteiger partial charge in [0.1, 0.15) is 12.3 Å². The third-order valence-corrected chi connectivity index (χ3v) is 5.37. The van der Waals surface area contributed by atoms with Crippen molar-refractivity contribution in [3.8, 4) is 0 Å². The molecule has 2 amide bonds. The number of cyclic esters (lactones) is 1. The van der Waals surface area contributed by atoms with Gasteiger partial charge in [0.25, 0.3) is 0 Å². The molecule has 2 aromatic carbocycles. The summed E-state index contributed by atoms with van der Waals surface area (Å²) in [5.41, 5.74) is 9.04. The summed E-state index contributed by atoms with van der Waals surface area (Å²) >= 11 is 0. The molecule has 0 radical (unpaired) electrons. The van der Waals surface area contributed by atoms with E-state index in [2.05, 4.69) is 0 Å². The number of quaternary nitrogens is 1. The van der Waals surface area contributed by atoms with Crippen LogP contribution in [0.1, 0.15) is 50.3 Å². The number of primary amides is 1. The van der Waals surface area contributed by atoms with Gasteiger partial charge in [-0.25, -0.2) is 10.0 Å². The molecule has 1 saturated heterocycles. The lowest BCUT2D eigenvalue weighted by atomic mass is 10.00. The number of hydroxylamine groups is 1. The van der Waals surface area contributed by atoms with E-state index in [9.17, 15) is 9.59 Å². The van der Waals surface area contributed by atoms with E-state index in [0.717, 1.165) is 22.2 Å². The van der Waals surface area contributed by atoms with Crippen LogP contribution in [0.25, 0.3) is 5.57 Å². The van der Waals surface area contributed by atoms with Crippen molar-refractivity contribution in [2.24, 2.45) is 5.73 Å². The highest BCUT2D eigenvalue weighted by atomic mass is 16.6. The number of carbonyl (C=O) groups excluding carboxylic acids is 2. The third kappa shape index (κ3) is 8.56. The van der Waals surface area contributed by atoms with Crippen LogP contribution in [0, 0.1) is 0 Å². The highest BCUT2D eigenvalue weighted by Gasteiger charge is 2.31. The van der Waals surface area contributed by atoms with Gasteiger partial charge in [0.2, 0.25) is 5.91 Å². The Morgan fingerprint density at radius 1 is 1.21 bits per heavy atom. The monoisotopic (exact) mass is 452 g/mol. The maximum Gasteiger partial charge on any atom is 0.410 e. The molecule has 7 heteroatoms. The maximum absolute atomic E-state index is 12.3. The largest absolute Gasteiger partial charge is 0.446 e. The number of carbonyl (C=O) groups is 2. The van der Waals surface area contributed by atoms with Crippen LogP contribution in [0.5, 0.6) is 0 Å². The lowest BCUT2D eigenvalue weighted by molar-refractivity contribution is -0.837. The third-order valence-electron chi connectivity index (χ3n) is 5.37. The van der Waals surface area contributed by atoms with E-state index < -0.39 is 0 Å². The Kier molecular flexibility index (Phi) is 10.9. The summed E-state index contributed by atoms with van der Waals surface area (Å²) in [7, 11) is 0. The van der Waals surface area contributed by atoms with E-state index >= 15 is 0 Å². The number of allylic oxidation sites excluding steroid dienone is 3. The normalized spacial score (nSPS) is 17.2. The molecule has 2 aromatic rings. The summed E-state index contributed by atoms with van der Waals surface area (Å²) in [6.45, 7) is 4.46. The Bertz CT molecular complexity index is 900. The molecule has 1 fully saturated rings. The summed E-state index contributed by atoms with van der Waals surface area (Å²) in [6.07, 6.45) is 6.22. The van der Waals surface area contributed by atoms with Crippen LogP contribution in [-0.4, -0.2) is 34.8 Å². The SMILES string of the molecule is C/C=C\C(=C/[NH2+]O)c1ccc(C(C)N2CCC(CCC(N)=O)OC2=O)cc1.c1ccccc1. The zero-order valence-corrected chi connectivity index (χ0v) is 19.3. The molecule has 33 heavy (non-hydrogen) atoms. The van der Waals surface area contributed by atoms with Gasteiger partial charge < -0.3 is 15.4 Å². The molecular weight excluding hydrogens is 418 g/mol. The fourth-order valence-corrected chi connectivity index (χ4v) is 3.53. The molecule has 0 bridgehead atoms. The number of rotatable bonds is 8. The number of nitrogens with two attached hydrogens (primary N) is 2. The van der Waals surface area contributed by atoms with Gasteiger partial charge in [-0.15, -0.1) is 0 Å². The standard InChI is InChI=1S/C20H27N3O4.C6H6/c1-3-4-17(13-22-26)16-7-5-15(6-8-16)14(2)23-12-11-18(27-20(23)25)9-10-19(21)24;1-2-4-6-5-3-1/h3-8,13-14,18,22,26H,9-12H2,1-2H3,(H2,21,24);1-6H/p+1/b4-3-,17-13+;. The minimum absolute atomic E-state index is 0.123. The van der Waals surface area contributed by atoms with Crippen LogP contribution in [0.15, 0.2) is 79.0 Å². The second kappa shape index (κ2) is 13.9. The summed E-state index contributed by atoms with van der Waals surface area (Å²) in [6, 6.07) is 19.8. The second-order valence-corrected chi connectivity index (χ2v) is 7.72. The van der Waals surface area contributed by atoms with Gasteiger partial charge in [0.15, 0.2) is 0 Å². The Morgan fingerprint density at radius 3 is 2.30 bits per heavy atom. The number of hydrogen-bond donors (Lipinski definition) is 3. The van der Waals surface area contributed by atoms with Crippen molar-refractivity contribution >= 4 is 17.6 Å². The molecule has 3 rings (SSSR count). The molecule has 0 aliphatic carbocycles. The van der Waals surface area contributed by atoms with E-state index in [4.69, 9.17) is 15.7 Å². The van der Waals surface area contributed by atoms with Gasteiger partial charge in [-0.05, 0) is 31.4 Å². The first kappa shape index (κ1) is 25.8. The molecule has 7 nitrogen and oxygen atoms in total. The van der Waals surface area contributed by atoms with Crippen molar-refractivity contribution in [2.75, 3.05) is 6.54 Å². The number of benzene rings is 2. The Balaban J connectivity index is 0.000000554. The molecule has 0 aromatic heterocycles. The number of nitrogens with zero attached hydrogens (tertiary/aromatic N) is 1. The van der Waals surface area contributed by atoms with Crippen molar-refractivity contribution in [3.63, 3.8) is 0 Å². The lowest BCUT2D eigenvalue weighted by Gasteiger charge is -2.35. The molecule has 0 saturated carbocycles. The molecule has 2 atom stereocenters. The van der Waals surface area contributed by atoms with Crippen molar-refractivity contribution < 1.29 is 25.0 Å². The fourth-order valence-electron chi connectivity index (χ4n) is 3.53. The fraction of sp³-hybridized carbons (Fsp3) is 0.308. The van der Waals surface area contributed by atoms with Gasteiger partial charge >= 0.3 is 6.09 Å². The van der Waals surface area contributed by atoms with Crippen LogP contribution >= 0.6 is 0 Å². The van der Waals surface area contributed by atoms with Crippen LogP contribution < -0.4 is 11.2 Å². The Labute approximate surface area is 195 Å². The van der Waals surface area contributed by atoms with Crippen LogP contribution in [0.2, 0.25) is 0 Å². The predicted molar refractivity (Wildman–Crippen MR) is 128 cm³/mol. The maximum atomic E-state index is 12.3. The molecule has 1 aliphatic heterocycles. The van der Waals surface area contributed by atoms with Crippen LogP contribution in [0.3, 0.4) is 0 Å². The van der Waals surface area contributed by atoms with Gasteiger partial charge in [0, 0.05) is 25.0 Å².